The average molecular weight is 257 g/mol. The topological polar surface area (TPSA) is 12.0 Å². The van der Waals surface area contributed by atoms with Crippen molar-refractivity contribution in [3.63, 3.8) is 0 Å². The Labute approximate surface area is 117 Å². The van der Waals surface area contributed by atoms with Gasteiger partial charge in [0.15, 0.2) is 0 Å². The lowest BCUT2D eigenvalue weighted by Crippen LogP contribution is -2.39. The maximum atomic E-state index is 3.87. The van der Waals surface area contributed by atoms with Crippen LogP contribution in [0.15, 0.2) is 30.3 Å². The van der Waals surface area contributed by atoms with Gasteiger partial charge in [0.05, 0.1) is 0 Å². The average Bonchev–Trinajstić information content (AvgIpc) is 2.48. The quantitative estimate of drug-likeness (QED) is 0.828. The van der Waals surface area contributed by atoms with Gasteiger partial charge < -0.3 is 5.32 Å². The maximum Gasteiger partial charge on any atom is 0.0294 e. The highest BCUT2D eigenvalue weighted by molar-refractivity contribution is 5.18. The molecule has 1 aromatic rings. The fourth-order valence-corrected chi connectivity index (χ4v) is 4.22. The van der Waals surface area contributed by atoms with Crippen molar-refractivity contribution in [2.45, 2.75) is 64.0 Å². The molecule has 2 fully saturated rings. The van der Waals surface area contributed by atoms with E-state index in [0.717, 1.165) is 17.9 Å². The summed E-state index contributed by atoms with van der Waals surface area (Å²) in [5, 5.41) is 3.87. The molecule has 4 atom stereocenters. The van der Waals surface area contributed by atoms with E-state index in [9.17, 15) is 0 Å². The lowest BCUT2D eigenvalue weighted by Gasteiger charge is -2.40. The fourth-order valence-electron chi connectivity index (χ4n) is 4.22. The van der Waals surface area contributed by atoms with E-state index in [4.69, 9.17) is 0 Å². The molecule has 1 heteroatoms. The lowest BCUT2D eigenvalue weighted by molar-refractivity contribution is 0.139. The lowest BCUT2D eigenvalue weighted by atomic mass is 9.69. The molecule has 19 heavy (non-hydrogen) atoms. The normalized spacial score (nSPS) is 32.6. The Kier molecular flexibility index (Phi) is 4.22. The van der Waals surface area contributed by atoms with Crippen LogP contribution in [-0.2, 0) is 0 Å². The first-order valence-electron chi connectivity index (χ1n) is 8.14. The summed E-state index contributed by atoms with van der Waals surface area (Å²) in [5.41, 5.74) is 1.42. The van der Waals surface area contributed by atoms with Gasteiger partial charge >= 0.3 is 0 Å². The molecular weight excluding hydrogens is 230 g/mol. The minimum Gasteiger partial charge on any atom is -0.307 e. The van der Waals surface area contributed by atoms with Gasteiger partial charge in [-0.2, -0.15) is 0 Å². The van der Waals surface area contributed by atoms with E-state index >= 15 is 0 Å². The molecule has 104 valence electrons. The smallest absolute Gasteiger partial charge is 0.0294 e. The molecule has 3 unspecified atom stereocenters. The van der Waals surface area contributed by atoms with Crippen molar-refractivity contribution in [1.29, 1.82) is 0 Å². The molecule has 2 aliphatic rings. The van der Waals surface area contributed by atoms with Crippen molar-refractivity contribution in [3.05, 3.63) is 35.9 Å². The summed E-state index contributed by atoms with van der Waals surface area (Å²) in [6.07, 6.45) is 10.2. The Morgan fingerprint density at radius 2 is 1.68 bits per heavy atom. The summed E-state index contributed by atoms with van der Waals surface area (Å²) in [4.78, 5) is 0. The molecule has 2 aliphatic carbocycles. The zero-order valence-electron chi connectivity index (χ0n) is 12.1. The van der Waals surface area contributed by atoms with Crippen molar-refractivity contribution in [2.75, 3.05) is 0 Å². The van der Waals surface area contributed by atoms with Gasteiger partial charge in [-0.25, -0.2) is 0 Å². The predicted molar refractivity (Wildman–Crippen MR) is 81.1 cm³/mol. The number of fused-ring (bicyclic) bond motifs is 1. The Hall–Kier alpha value is -0.820. The first-order valence-corrected chi connectivity index (χ1v) is 8.14. The van der Waals surface area contributed by atoms with Crippen LogP contribution in [0, 0.1) is 11.8 Å². The zero-order valence-corrected chi connectivity index (χ0v) is 12.1. The molecule has 0 aromatic heterocycles. The summed E-state index contributed by atoms with van der Waals surface area (Å²) in [6.45, 7) is 2.31. The first kappa shape index (κ1) is 13.2. The molecule has 0 aliphatic heterocycles. The third-order valence-corrected chi connectivity index (χ3v) is 5.32. The van der Waals surface area contributed by atoms with E-state index in [0.29, 0.717) is 6.04 Å². The third kappa shape index (κ3) is 3.20. The van der Waals surface area contributed by atoms with E-state index in [1.165, 1.54) is 50.5 Å². The molecule has 1 aromatic carbocycles. The van der Waals surface area contributed by atoms with E-state index in [-0.39, 0.29) is 0 Å². The molecule has 0 radical (unpaired) electrons. The molecule has 0 bridgehead atoms. The van der Waals surface area contributed by atoms with E-state index < -0.39 is 0 Å². The van der Waals surface area contributed by atoms with Gasteiger partial charge in [-0.3, -0.25) is 0 Å². The number of nitrogens with one attached hydrogen (secondary N) is 1. The number of hydrogen-bond donors (Lipinski definition) is 1. The minimum absolute atomic E-state index is 0.492. The van der Waals surface area contributed by atoms with Crippen LogP contribution in [0.5, 0.6) is 0 Å². The molecule has 0 spiro atoms. The van der Waals surface area contributed by atoms with E-state index in [2.05, 4.69) is 42.6 Å². The van der Waals surface area contributed by atoms with Crippen LogP contribution >= 0.6 is 0 Å². The molecule has 2 saturated carbocycles. The predicted octanol–water partition coefficient (Wildman–Crippen LogP) is 4.70. The summed E-state index contributed by atoms with van der Waals surface area (Å²) in [5.74, 6) is 2.07. The third-order valence-electron chi connectivity index (χ3n) is 5.32. The summed E-state index contributed by atoms with van der Waals surface area (Å²) in [7, 11) is 0. The Bertz CT molecular complexity index is 386. The van der Waals surface area contributed by atoms with E-state index in [1.807, 2.05) is 0 Å². The first-order chi connectivity index (χ1) is 9.33. The molecular formula is C18H27N. The van der Waals surface area contributed by atoms with Gasteiger partial charge in [0.2, 0.25) is 0 Å². The molecule has 1 N–H and O–H groups in total. The van der Waals surface area contributed by atoms with Gasteiger partial charge in [-0.15, -0.1) is 0 Å². The van der Waals surface area contributed by atoms with Crippen LogP contribution in [0.4, 0.5) is 0 Å². The fraction of sp³-hybridized carbons (Fsp3) is 0.667. The second-order valence-electron chi connectivity index (χ2n) is 6.61. The molecule has 1 nitrogen and oxygen atoms in total. The second-order valence-corrected chi connectivity index (χ2v) is 6.61. The standard InChI is InChI=1S/C18H27N/c1-14(15-7-3-2-4-8-15)19-18-12-11-16-9-5-6-10-17(16)13-18/h2-4,7-8,14,16-19H,5-6,9-13H2,1H3/t14-,16?,17?,18?/m1/s1. The van der Waals surface area contributed by atoms with Gasteiger partial charge in [0.1, 0.15) is 0 Å². The van der Waals surface area contributed by atoms with Crippen molar-refractivity contribution in [2.24, 2.45) is 11.8 Å². The highest BCUT2D eigenvalue weighted by Gasteiger charge is 2.32. The largest absolute Gasteiger partial charge is 0.307 e. The Balaban J connectivity index is 1.56. The summed E-state index contributed by atoms with van der Waals surface area (Å²) >= 11 is 0. The van der Waals surface area contributed by atoms with Crippen LogP contribution in [0.3, 0.4) is 0 Å². The summed E-state index contributed by atoms with van der Waals surface area (Å²) < 4.78 is 0. The van der Waals surface area contributed by atoms with Crippen molar-refractivity contribution < 1.29 is 0 Å². The van der Waals surface area contributed by atoms with Crippen molar-refractivity contribution in [1.82, 2.24) is 5.32 Å². The molecule has 3 rings (SSSR count). The van der Waals surface area contributed by atoms with Gasteiger partial charge in [-0.05, 0) is 43.6 Å². The number of benzene rings is 1. The van der Waals surface area contributed by atoms with Crippen molar-refractivity contribution in [3.8, 4) is 0 Å². The molecule has 0 saturated heterocycles. The van der Waals surface area contributed by atoms with Gasteiger partial charge in [0.25, 0.3) is 0 Å². The molecule has 0 amide bonds. The highest BCUT2D eigenvalue weighted by atomic mass is 14.9. The maximum absolute atomic E-state index is 3.87. The molecule has 0 heterocycles. The SMILES string of the molecule is C[C@@H](NC1CCC2CCCCC2C1)c1ccccc1. The number of rotatable bonds is 3. The summed E-state index contributed by atoms with van der Waals surface area (Å²) in [6, 6.07) is 12.1. The monoisotopic (exact) mass is 257 g/mol. The van der Waals surface area contributed by atoms with Crippen LogP contribution in [-0.4, -0.2) is 6.04 Å². The van der Waals surface area contributed by atoms with Crippen LogP contribution < -0.4 is 5.32 Å². The Morgan fingerprint density at radius 1 is 0.947 bits per heavy atom. The Morgan fingerprint density at radius 3 is 2.47 bits per heavy atom. The van der Waals surface area contributed by atoms with Crippen LogP contribution in [0.2, 0.25) is 0 Å². The second kappa shape index (κ2) is 6.09. The van der Waals surface area contributed by atoms with Gasteiger partial charge in [-0.1, -0.05) is 56.0 Å². The van der Waals surface area contributed by atoms with E-state index in [1.54, 1.807) is 0 Å². The minimum atomic E-state index is 0.492. The van der Waals surface area contributed by atoms with Crippen LogP contribution in [0.25, 0.3) is 0 Å². The van der Waals surface area contributed by atoms with Crippen LogP contribution in [0.1, 0.15) is 63.5 Å². The van der Waals surface area contributed by atoms with Crippen molar-refractivity contribution >= 4 is 0 Å². The number of hydrogen-bond acceptors (Lipinski definition) is 1. The highest BCUT2D eigenvalue weighted by Crippen LogP contribution is 2.40. The van der Waals surface area contributed by atoms with Gasteiger partial charge in [0, 0.05) is 12.1 Å². The zero-order chi connectivity index (χ0) is 13.1.